The predicted octanol–water partition coefficient (Wildman–Crippen LogP) is 5.95. The Morgan fingerprint density at radius 3 is 1.97 bits per heavy atom. The molecule has 2 atom stereocenters. The van der Waals surface area contributed by atoms with Gasteiger partial charge < -0.3 is 19.8 Å². The highest BCUT2D eigenvalue weighted by atomic mass is 31.2. The van der Waals surface area contributed by atoms with Crippen LogP contribution in [0, 0.1) is 0 Å². The van der Waals surface area contributed by atoms with Crippen molar-refractivity contribution < 1.29 is 23.9 Å². The van der Waals surface area contributed by atoms with Crippen molar-refractivity contribution in [3.05, 3.63) is 0 Å². The second-order valence-corrected chi connectivity index (χ2v) is 10.4. The molecule has 0 aliphatic heterocycles. The lowest BCUT2D eigenvalue weighted by atomic mass is 10.1. The SMILES string of the molecule is CCCCCCCCCCCC(=O)NC(CCCCCC)COP(=O)(O)CCCO. The number of carbonyl (C=O) groups excluding carboxylic acids is 1. The van der Waals surface area contributed by atoms with Crippen LogP contribution in [0.4, 0.5) is 0 Å². The van der Waals surface area contributed by atoms with Gasteiger partial charge >= 0.3 is 7.60 Å². The first-order chi connectivity index (χ1) is 14.4. The number of aliphatic hydroxyl groups is 1. The summed E-state index contributed by atoms with van der Waals surface area (Å²) < 4.78 is 17.2. The summed E-state index contributed by atoms with van der Waals surface area (Å²) in [6, 6.07) is -0.234. The molecule has 0 aromatic carbocycles. The number of rotatable bonds is 22. The van der Waals surface area contributed by atoms with Crippen LogP contribution < -0.4 is 5.32 Å². The number of carbonyl (C=O) groups is 1. The molecule has 1 amide bonds. The Morgan fingerprint density at radius 1 is 0.867 bits per heavy atom. The summed E-state index contributed by atoms with van der Waals surface area (Å²) in [4.78, 5) is 22.2. The van der Waals surface area contributed by atoms with Gasteiger partial charge in [0.25, 0.3) is 0 Å². The molecule has 6 nitrogen and oxygen atoms in total. The third-order valence-corrected chi connectivity index (χ3v) is 6.79. The Hall–Kier alpha value is -0.420. The Kier molecular flexibility index (Phi) is 20.2. The molecule has 0 fully saturated rings. The molecule has 0 rings (SSSR count). The van der Waals surface area contributed by atoms with Gasteiger partial charge in [-0.05, 0) is 19.3 Å². The van der Waals surface area contributed by atoms with Crippen LogP contribution in [0.1, 0.15) is 117 Å². The Bertz CT molecular complexity index is 447. The van der Waals surface area contributed by atoms with E-state index in [-0.39, 0.29) is 37.7 Å². The Labute approximate surface area is 185 Å². The molecule has 2 unspecified atom stereocenters. The normalized spacial score (nSPS) is 14.4. The number of nitrogens with one attached hydrogen (secondary N) is 1. The smallest absolute Gasteiger partial charge is 0.328 e. The second kappa shape index (κ2) is 20.5. The Balaban J connectivity index is 4.14. The van der Waals surface area contributed by atoms with E-state index >= 15 is 0 Å². The average molecular weight is 450 g/mol. The summed E-state index contributed by atoms with van der Waals surface area (Å²) >= 11 is 0. The van der Waals surface area contributed by atoms with E-state index in [0.29, 0.717) is 6.42 Å². The van der Waals surface area contributed by atoms with Gasteiger partial charge in [0.15, 0.2) is 0 Å². The molecule has 0 radical (unpaired) electrons. The summed E-state index contributed by atoms with van der Waals surface area (Å²) in [5.74, 6) is 0.00478. The largest absolute Gasteiger partial charge is 0.396 e. The van der Waals surface area contributed by atoms with Crippen LogP contribution in [0.3, 0.4) is 0 Å². The molecule has 0 aliphatic carbocycles. The minimum absolute atomic E-state index is 0.00478. The van der Waals surface area contributed by atoms with Gasteiger partial charge in [0.2, 0.25) is 5.91 Å². The van der Waals surface area contributed by atoms with Crippen molar-refractivity contribution >= 4 is 13.5 Å². The molecule has 0 aliphatic rings. The van der Waals surface area contributed by atoms with Gasteiger partial charge in [0.05, 0.1) is 18.8 Å². The van der Waals surface area contributed by atoms with Crippen LogP contribution in [-0.4, -0.2) is 41.3 Å². The van der Waals surface area contributed by atoms with E-state index in [1.54, 1.807) is 0 Å². The highest BCUT2D eigenvalue weighted by Gasteiger charge is 2.22. The molecular formula is C23H48NO5P. The third-order valence-electron chi connectivity index (χ3n) is 5.35. The van der Waals surface area contributed by atoms with Crippen LogP contribution in [0.2, 0.25) is 0 Å². The van der Waals surface area contributed by atoms with E-state index in [1.807, 2.05) is 0 Å². The molecule has 0 bridgehead atoms. The van der Waals surface area contributed by atoms with Crippen molar-refractivity contribution in [1.29, 1.82) is 0 Å². The van der Waals surface area contributed by atoms with Crippen LogP contribution >= 0.6 is 7.60 Å². The standard InChI is InChI=1S/C23H48NO5P/c1-3-5-7-9-10-11-12-13-15-18-23(26)24-22(17-14-8-6-4-2)21-29-30(27,28)20-16-19-25/h22,25H,3-21H2,1-2H3,(H,24,26)(H,27,28). The maximum absolute atomic E-state index is 12.3. The summed E-state index contributed by atoms with van der Waals surface area (Å²) in [6.07, 6.45) is 16.7. The lowest BCUT2D eigenvalue weighted by molar-refractivity contribution is -0.122. The van der Waals surface area contributed by atoms with Crippen LogP contribution in [0.25, 0.3) is 0 Å². The summed E-state index contributed by atoms with van der Waals surface area (Å²) in [5, 5.41) is 11.8. The minimum Gasteiger partial charge on any atom is -0.396 e. The highest BCUT2D eigenvalue weighted by Crippen LogP contribution is 2.42. The van der Waals surface area contributed by atoms with Gasteiger partial charge in [-0.2, -0.15) is 0 Å². The molecule has 0 spiro atoms. The van der Waals surface area contributed by atoms with E-state index < -0.39 is 7.60 Å². The van der Waals surface area contributed by atoms with Gasteiger partial charge in [-0.25, -0.2) is 0 Å². The monoisotopic (exact) mass is 449 g/mol. The third kappa shape index (κ3) is 19.5. The van der Waals surface area contributed by atoms with Crippen LogP contribution in [0.15, 0.2) is 0 Å². The fourth-order valence-electron chi connectivity index (χ4n) is 3.45. The lowest BCUT2D eigenvalue weighted by Crippen LogP contribution is -2.38. The van der Waals surface area contributed by atoms with Gasteiger partial charge in [0.1, 0.15) is 0 Å². The number of unbranched alkanes of at least 4 members (excludes halogenated alkanes) is 11. The van der Waals surface area contributed by atoms with Gasteiger partial charge in [0, 0.05) is 13.0 Å². The maximum Gasteiger partial charge on any atom is 0.328 e. The van der Waals surface area contributed by atoms with Gasteiger partial charge in [-0.1, -0.05) is 90.9 Å². The van der Waals surface area contributed by atoms with Crippen molar-refractivity contribution in [2.45, 2.75) is 123 Å². The molecule has 0 aromatic heterocycles. The average Bonchev–Trinajstić information content (AvgIpc) is 2.72. The van der Waals surface area contributed by atoms with E-state index in [4.69, 9.17) is 9.63 Å². The lowest BCUT2D eigenvalue weighted by Gasteiger charge is -2.21. The predicted molar refractivity (Wildman–Crippen MR) is 125 cm³/mol. The van der Waals surface area contributed by atoms with Gasteiger partial charge in [-0.15, -0.1) is 0 Å². The van der Waals surface area contributed by atoms with Gasteiger partial charge in [-0.3, -0.25) is 9.36 Å². The Morgan fingerprint density at radius 2 is 1.40 bits per heavy atom. The number of aliphatic hydroxyl groups excluding tert-OH is 1. The van der Waals surface area contributed by atoms with Crippen molar-refractivity contribution in [3.63, 3.8) is 0 Å². The summed E-state index contributed by atoms with van der Waals surface area (Å²) in [7, 11) is -3.71. The summed E-state index contributed by atoms with van der Waals surface area (Å²) in [5.41, 5.74) is 0. The molecule has 0 saturated carbocycles. The molecule has 0 aromatic rings. The van der Waals surface area contributed by atoms with E-state index in [1.165, 1.54) is 44.9 Å². The molecule has 30 heavy (non-hydrogen) atoms. The first kappa shape index (κ1) is 29.6. The zero-order valence-corrected chi connectivity index (χ0v) is 20.5. The maximum atomic E-state index is 12.3. The fourth-order valence-corrected chi connectivity index (χ4v) is 4.54. The van der Waals surface area contributed by atoms with Crippen molar-refractivity contribution in [2.75, 3.05) is 19.4 Å². The minimum atomic E-state index is -3.71. The molecule has 0 saturated heterocycles. The molecular weight excluding hydrogens is 401 g/mol. The summed E-state index contributed by atoms with van der Waals surface area (Å²) in [6.45, 7) is 4.29. The first-order valence-corrected chi connectivity index (χ1v) is 14.1. The van der Waals surface area contributed by atoms with Crippen molar-refractivity contribution in [3.8, 4) is 0 Å². The molecule has 180 valence electrons. The number of hydrogen-bond acceptors (Lipinski definition) is 4. The topological polar surface area (TPSA) is 95.9 Å². The highest BCUT2D eigenvalue weighted by molar-refractivity contribution is 7.52. The van der Waals surface area contributed by atoms with E-state index in [0.717, 1.165) is 44.9 Å². The van der Waals surface area contributed by atoms with Crippen molar-refractivity contribution in [2.24, 2.45) is 0 Å². The number of hydrogen-bond donors (Lipinski definition) is 3. The molecule has 7 heteroatoms. The van der Waals surface area contributed by atoms with Crippen LogP contribution in [0.5, 0.6) is 0 Å². The second-order valence-electron chi connectivity index (χ2n) is 8.43. The van der Waals surface area contributed by atoms with E-state index in [2.05, 4.69) is 19.2 Å². The van der Waals surface area contributed by atoms with E-state index in [9.17, 15) is 14.3 Å². The van der Waals surface area contributed by atoms with Crippen LogP contribution in [-0.2, 0) is 13.9 Å². The zero-order valence-electron chi connectivity index (χ0n) is 19.6. The molecule has 0 heterocycles. The quantitative estimate of drug-likeness (QED) is 0.140. The molecule has 3 N–H and O–H groups in total. The first-order valence-electron chi connectivity index (χ1n) is 12.3. The fraction of sp³-hybridized carbons (Fsp3) is 0.957. The zero-order chi connectivity index (χ0) is 22.5. The number of amides is 1. The van der Waals surface area contributed by atoms with Crippen molar-refractivity contribution in [1.82, 2.24) is 5.32 Å².